The molecule has 1 heterocycles. The van der Waals surface area contributed by atoms with Crippen LogP contribution in [0.15, 0.2) is 65.0 Å². The Balaban J connectivity index is 1.73. The summed E-state index contributed by atoms with van der Waals surface area (Å²) in [6.07, 6.45) is 0.830. The van der Waals surface area contributed by atoms with Gasteiger partial charge in [0.1, 0.15) is 12.4 Å². The molecule has 2 aromatic carbocycles. The Morgan fingerprint density at radius 2 is 1.67 bits per heavy atom. The van der Waals surface area contributed by atoms with Crippen LogP contribution in [0.3, 0.4) is 0 Å². The Hall–Kier alpha value is -3.65. The Labute approximate surface area is 209 Å². The first-order valence-corrected chi connectivity index (χ1v) is 11.7. The van der Waals surface area contributed by atoms with Crippen LogP contribution >= 0.6 is 0 Å². The van der Waals surface area contributed by atoms with Gasteiger partial charge in [-0.1, -0.05) is 18.2 Å². The Morgan fingerprint density at radius 1 is 0.972 bits per heavy atom. The number of ketones is 1. The van der Waals surface area contributed by atoms with Gasteiger partial charge in [-0.05, 0) is 54.7 Å². The molecule has 0 radical (unpaired) electrons. The third kappa shape index (κ3) is 4.99. The molecule has 0 saturated heterocycles. The second kappa shape index (κ2) is 11.0. The van der Waals surface area contributed by atoms with Crippen LogP contribution in [0.25, 0.3) is 0 Å². The lowest BCUT2D eigenvalue weighted by atomic mass is 9.71. The highest BCUT2D eigenvalue weighted by Gasteiger charge is 2.41. The van der Waals surface area contributed by atoms with E-state index in [2.05, 4.69) is 5.32 Å². The van der Waals surface area contributed by atoms with E-state index < -0.39 is 17.7 Å². The number of benzene rings is 2. The van der Waals surface area contributed by atoms with E-state index >= 15 is 0 Å². The Bertz CT molecular complexity index is 1220. The summed E-state index contributed by atoms with van der Waals surface area (Å²) in [5.41, 5.74) is 3.83. The summed E-state index contributed by atoms with van der Waals surface area (Å²) >= 11 is 0. The van der Waals surface area contributed by atoms with Crippen molar-refractivity contribution in [3.63, 3.8) is 0 Å². The summed E-state index contributed by atoms with van der Waals surface area (Å²) in [5, 5.41) is 3.31. The van der Waals surface area contributed by atoms with Crippen molar-refractivity contribution in [1.29, 1.82) is 0 Å². The van der Waals surface area contributed by atoms with Crippen LogP contribution in [0.1, 0.15) is 42.7 Å². The fourth-order valence-corrected chi connectivity index (χ4v) is 4.94. The number of nitrogens with one attached hydrogen (secondary N) is 1. The first-order chi connectivity index (χ1) is 17.4. The van der Waals surface area contributed by atoms with Crippen LogP contribution in [0.2, 0.25) is 0 Å². The maximum Gasteiger partial charge on any atom is 0.336 e. The summed E-state index contributed by atoms with van der Waals surface area (Å²) in [5.74, 6) is -0.530. The van der Waals surface area contributed by atoms with Gasteiger partial charge < -0.3 is 24.3 Å². The number of methoxy groups -OCH3 is 3. The van der Waals surface area contributed by atoms with Crippen molar-refractivity contribution in [2.45, 2.75) is 31.6 Å². The first-order valence-electron chi connectivity index (χ1n) is 11.7. The normalized spacial score (nSPS) is 19.5. The predicted octanol–water partition coefficient (Wildman–Crippen LogP) is 4.39. The van der Waals surface area contributed by atoms with E-state index in [0.717, 1.165) is 11.3 Å². The summed E-state index contributed by atoms with van der Waals surface area (Å²) < 4.78 is 34.9. The van der Waals surface area contributed by atoms with Crippen LogP contribution < -0.4 is 14.8 Å². The van der Waals surface area contributed by atoms with Crippen LogP contribution in [0, 0.1) is 5.82 Å². The molecule has 2 aromatic rings. The Morgan fingerprint density at radius 3 is 2.33 bits per heavy atom. The number of hydrogen-bond donors (Lipinski definition) is 1. The number of halogens is 1. The molecule has 0 saturated carbocycles. The maximum atomic E-state index is 13.7. The van der Waals surface area contributed by atoms with Gasteiger partial charge in [-0.15, -0.1) is 0 Å². The molecule has 0 spiro atoms. The van der Waals surface area contributed by atoms with Crippen LogP contribution in [-0.4, -0.2) is 46.3 Å². The standard InChI is InChI=1S/C28H30FNO6/c1-16-25(28(32)36-12-11-33-2)26(17-5-8-20(29)9-6-17)27-21(30-16)13-19(14-22(27)31)18-7-10-23(34-3)24(15-18)35-4/h5-10,15,19,26,30H,11-14H2,1-4H3/t19-,26-/m0/s1. The first kappa shape index (κ1) is 25.4. The van der Waals surface area contributed by atoms with Gasteiger partial charge in [-0.25, -0.2) is 9.18 Å². The number of Topliss-reactive ketones (excluding diaryl/α,β-unsaturated/α-hetero) is 1. The van der Waals surface area contributed by atoms with Crippen LogP contribution in [0.4, 0.5) is 4.39 Å². The average Bonchev–Trinajstić information content (AvgIpc) is 2.87. The second-order valence-corrected chi connectivity index (χ2v) is 8.81. The highest BCUT2D eigenvalue weighted by molar-refractivity contribution is 6.04. The van der Waals surface area contributed by atoms with E-state index in [9.17, 15) is 14.0 Å². The molecular weight excluding hydrogens is 465 g/mol. The quantitative estimate of drug-likeness (QED) is 0.430. The number of carbonyl (C=O) groups is 2. The minimum absolute atomic E-state index is 0.0763. The monoisotopic (exact) mass is 495 g/mol. The molecule has 190 valence electrons. The van der Waals surface area contributed by atoms with E-state index in [1.165, 1.54) is 19.2 Å². The molecule has 2 aliphatic rings. The van der Waals surface area contributed by atoms with E-state index in [4.69, 9.17) is 18.9 Å². The number of carbonyl (C=O) groups excluding carboxylic acids is 2. The highest BCUT2D eigenvalue weighted by Crippen LogP contribution is 2.46. The molecule has 4 rings (SSSR count). The van der Waals surface area contributed by atoms with Gasteiger partial charge in [-0.2, -0.15) is 0 Å². The Kier molecular flexibility index (Phi) is 7.74. The number of dihydropyridines is 1. The van der Waals surface area contributed by atoms with E-state index in [-0.39, 0.29) is 31.3 Å². The number of esters is 1. The fourth-order valence-electron chi connectivity index (χ4n) is 4.94. The lowest BCUT2D eigenvalue weighted by molar-refractivity contribution is -0.140. The summed E-state index contributed by atoms with van der Waals surface area (Å²) in [4.78, 5) is 26.8. The highest BCUT2D eigenvalue weighted by atomic mass is 19.1. The molecule has 0 aromatic heterocycles. The number of rotatable bonds is 8. The van der Waals surface area contributed by atoms with Gasteiger partial charge in [0.05, 0.1) is 26.4 Å². The minimum atomic E-state index is -0.657. The van der Waals surface area contributed by atoms with Crippen molar-refractivity contribution in [2.75, 3.05) is 34.5 Å². The third-order valence-electron chi connectivity index (χ3n) is 6.65. The predicted molar refractivity (Wildman–Crippen MR) is 131 cm³/mol. The number of ether oxygens (including phenoxy) is 4. The number of allylic oxidation sites excluding steroid dienone is 3. The molecular formula is C28H30FNO6. The molecule has 7 nitrogen and oxygen atoms in total. The van der Waals surface area contributed by atoms with Crippen LogP contribution in [-0.2, 0) is 19.1 Å². The van der Waals surface area contributed by atoms with Crippen molar-refractivity contribution >= 4 is 11.8 Å². The molecule has 36 heavy (non-hydrogen) atoms. The second-order valence-electron chi connectivity index (χ2n) is 8.81. The van der Waals surface area contributed by atoms with Crippen molar-refractivity contribution in [3.05, 3.63) is 81.9 Å². The SMILES string of the molecule is COCCOC(=O)C1=C(C)NC2=C(C(=O)C[C@@H](c3ccc(OC)c(OC)c3)C2)[C@H]1c1ccc(F)cc1. The summed E-state index contributed by atoms with van der Waals surface area (Å²) in [6, 6.07) is 11.5. The zero-order valence-electron chi connectivity index (χ0n) is 20.9. The molecule has 1 N–H and O–H groups in total. The molecule has 0 bridgehead atoms. The van der Waals surface area contributed by atoms with Crippen LogP contribution in [0.5, 0.6) is 11.5 Å². The molecule has 8 heteroatoms. The topological polar surface area (TPSA) is 83.1 Å². The molecule has 1 aliphatic heterocycles. The molecule has 2 atom stereocenters. The van der Waals surface area contributed by atoms with E-state index in [1.807, 2.05) is 18.2 Å². The van der Waals surface area contributed by atoms with Crippen molar-refractivity contribution in [1.82, 2.24) is 5.32 Å². The molecule has 1 aliphatic carbocycles. The summed E-state index contributed by atoms with van der Waals surface area (Å²) in [6.45, 7) is 2.13. The van der Waals surface area contributed by atoms with Crippen molar-refractivity contribution in [2.24, 2.45) is 0 Å². The van der Waals surface area contributed by atoms with Crippen molar-refractivity contribution in [3.8, 4) is 11.5 Å². The fraction of sp³-hybridized carbons (Fsp3) is 0.357. The lowest BCUT2D eigenvalue weighted by Crippen LogP contribution is -2.36. The molecule has 0 amide bonds. The van der Waals surface area contributed by atoms with Gasteiger partial charge in [0.15, 0.2) is 17.3 Å². The van der Waals surface area contributed by atoms with E-state index in [1.54, 1.807) is 33.3 Å². The minimum Gasteiger partial charge on any atom is -0.493 e. The number of hydrogen-bond acceptors (Lipinski definition) is 7. The van der Waals surface area contributed by atoms with Gasteiger partial charge in [0.2, 0.25) is 0 Å². The molecule has 0 fully saturated rings. The maximum absolute atomic E-state index is 13.7. The largest absolute Gasteiger partial charge is 0.493 e. The van der Waals surface area contributed by atoms with Gasteiger partial charge in [0.25, 0.3) is 0 Å². The van der Waals surface area contributed by atoms with E-state index in [0.29, 0.717) is 40.3 Å². The van der Waals surface area contributed by atoms with Gasteiger partial charge in [-0.3, -0.25) is 4.79 Å². The van der Waals surface area contributed by atoms with Crippen molar-refractivity contribution < 1.29 is 32.9 Å². The molecule has 0 unspecified atom stereocenters. The zero-order chi connectivity index (χ0) is 25.8. The summed E-state index contributed by atoms with van der Waals surface area (Å²) in [7, 11) is 4.67. The average molecular weight is 496 g/mol. The third-order valence-corrected chi connectivity index (χ3v) is 6.65. The zero-order valence-corrected chi connectivity index (χ0v) is 20.9. The van der Waals surface area contributed by atoms with Gasteiger partial charge >= 0.3 is 5.97 Å². The smallest absolute Gasteiger partial charge is 0.336 e. The lowest BCUT2D eigenvalue weighted by Gasteiger charge is -2.36. The van der Waals surface area contributed by atoms with Gasteiger partial charge in [0, 0.05) is 36.4 Å².